The third-order valence-electron chi connectivity index (χ3n) is 1.96. The molecule has 0 saturated heterocycles. The molecule has 1 aromatic rings. The first-order chi connectivity index (χ1) is 8.22. The van der Waals surface area contributed by atoms with E-state index in [0.29, 0.717) is 24.7 Å². The number of hydrogen-bond donors (Lipinski definition) is 2. The Bertz CT molecular complexity index is 368. The standard InChI is InChI=1S/C12H16N2O2S/c1-2-16-9-8-11(15)14-12(17)13-10-6-4-3-5-7-10/h3-7H,2,8-9H2,1H3,(H2,13,14,15,17). The van der Waals surface area contributed by atoms with Crippen LogP contribution in [-0.2, 0) is 9.53 Å². The van der Waals surface area contributed by atoms with Crippen LogP contribution in [0.2, 0.25) is 0 Å². The van der Waals surface area contributed by atoms with E-state index < -0.39 is 0 Å². The van der Waals surface area contributed by atoms with Gasteiger partial charge in [0, 0.05) is 12.3 Å². The van der Waals surface area contributed by atoms with Gasteiger partial charge in [0.15, 0.2) is 5.11 Å². The van der Waals surface area contributed by atoms with Gasteiger partial charge < -0.3 is 15.4 Å². The van der Waals surface area contributed by atoms with Crippen LogP contribution in [0.25, 0.3) is 0 Å². The van der Waals surface area contributed by atoms with E-state index in [2.05, 4.69) is 10.6 Å². The molecule has 0 atom stereocenters. The average molecular weight is 252 g/mol. The fraction of sp³-hybridized carbons (Fsp3) is 0.333. The molecular weight excluding hydrogens is 236 g/mol. The van der Waals surface area contributed by atoms with E-state index in [1.165, 1.54) is 0 Å². The summed E-state index contributed by atoms with van der Waals surface area (Å²) >= 11 is 5.01. The van der Waals surface area contributed by atoms with E-state index in [-0.39, 0.29) is 5.91 Å². The van der Waals surface area contributed by atoms with E-state index in [1.807, 2.05) is 37.3 Å². The van der Waals surface area contributed by atoms with Crippen LogP contribution >= 0.6 is 12.2 Å². The van der Waals surface area contributed by atoms with Crippen molar-refractivity contribution in [3.63, 3.8) is 0 Å². The Morgan fingerprint density at radius 3 is 2.71 bits per heavy atom. The minimum Gasteiger partial charge on any atom is -0.381 e. The van der Waals surface area contributed by atoms with Gasteiger partial charge in [-0.3, -0.25) is 4.79 Å². The summed E-state index contributed by atoms with van der Waals surface area (Å²) in [6.45, 7) is 2.91. The quantitative estimate of drug-likeness (QED) is 0.621. The Balaban J connectivity index is 2.27. The molecule has 0 heterocycles. The van der Waals surface area contributed by atoms with Gasteiger partial charge in [0.2, 0.25) is 5.91 Å². The maximum Gasteiger partial charge on any atom is 0.228 e. The van der Waals surface area contributed by atoms with E-state index in [9.17, 15) is 4.79 Å². The molecule has 0 radical (unpaired) electrons. The molecule has 0 saturated carbocycles. The Labute approximate surface area is 106 Å². The van der Waals surface area contributed by atoms with Crippen molar-refractivity contribution in [1.82, 2.24) is 5.32 Å². The summed E-state index contributed by atoms with van der Waals surface area (Å²) in [6.07, 6.45) is 0.310. The zero-order chi connectivity index (χ0) is 12.5. The maximum absolute atomic E-state index is 11.4. The lowest BCUT2D eigenvalue weighted by atomic mass is 10.3. The SMILES string of the molecule is CCOCCC(=O)NC(=S)Nc1ccccc1. The molecule has 1 rings (SSSR count). The Morgan fingerprint density at radius 2 is 2.06 bits per heavy atom. The number of amides is 1. The summed E-state index contributed by atoms with van der Waals surface area (Å²) in [4.78, 5) is 11.4. The van der Waals surface area contributed by atoms with Gasteiger partial charge in [-0.15, -0.1) is 0 Å². The fourth-order valence-electron chi connectivity index (χ4n) is 1.18. The lowest BCUT2D eigenvalue weighted by molar-refractivity contribution is -0.120. The number of para-hydroxylation sites is 1. The molecule has 1 amide bonds. The summed E-state index contributed by atoms with van der Waals surface area (Å²) in [7, 11) is 0. The molecule has 4 nitrogen and oxygen atoms in total. The molecule has 0 bridgehead atoms. The van der Waals surface area contributed by atoms with Crippen molar-refractivity contribution in [2.24, 2.45) is 0 Å². The third kappa shape index (κ3) is 5.99. The van der Waals surface area contributed by atoms with Crippen molar-refractivity contribution < 1.29 is 9.53 Å². The summed E-state index contributed by atoms with van der Waals surface area (Å²) in [5, 5.41) is 5.81. The van der Waals surface area contributed by atoms with Crippen molar-refractivity contribution in [1.29, 1.82) is 0 Å². The molecule has 5 heteroatoms. The zero-order valence-electron chi connectivity index (χ0n) is 9.73. The van der Waals surface area contributed by atoms with E-state index in [0.717, 1.165) is 5.69 Å². The monoisotopic (exact) mass is 252 g/mol. The van der Waals surface area contributed by atoms with Crippen molar-refractivity contribution in [3.8, 4) is 0 Å². The molecule has 17 heavy (non-hydrogen) atoms. The van der Waals surface area contributed by atoms with E-state index in [1.54, 1.807) is 0 Å². The van der Waals surface area contributed by atoms with Crippen molar-refractivity contribution >= 4 is 28.9 Å². The molecular formula is C12H16N2O2S. The first-order valence-corrected chi connectivity index (χ1v) is 5.87. The van der Waals surface area contributed by atoms with Crippen molar-refractivity contribution in [2.75, 3.05) is 18.5 Å². The second-order valence-corrected chi connectivity index (χ2v) is 3.72. The third-order valence-corrected chi connectivity index (χ3v) is 2.17. The number of carbonyl (C=O) groups excluding carboxylic acids is 1. The molecule has 92 valence electrons. The Hall–Kier alpha value is -1.46. The molecule has 1 aromatic carbocycles. The highest BCUT2D eigenvalue weighted by molar-refractivity contribution is 7.80. The summed E-state index contributed by atoms with van der Waals surface area (Å²) < 4.78 is 5.08. The number of hydrogen-bond acceptors (Lipinski definition) is 3. The van der Waals surface area contributed by atoms with Gasteiger partial charge in [-0.1, -0.05) is 18.2 Å². The molecule has 2 N–H and O–H groups in total. The van der Waals surface area contributed by atoms with Crippen LogP contribution in [0.15, 0.2) is 30.3 Å². The normalized spacial score (nSPS) is 9.71. The lowest BCUT2D eigenvalue weighted by Crippen LogP contribution is -2.34. The maximum atomic E-state index is 11.4. The number of rotatable bonds is 5. The van der Waals surface area contributed by atoms with Crippen molar-refractivity contribution in [3.05, 3.63) is 30.3 Å². The second kappa shape index (κ2) is 7.76. The highest BCUT2D eigenvalue weighted by Crippen LogP contribution is 2.04. The van der Waals surface area contributed by atoms with Crippen molar-refractivity contribution in [2.45, 2.75) is 13.3 Å². The highest BCUT2D eigenvalue weighted by atomic mass is 32.1. The van der Waals surface area contributed by atoms with Gasteiger partial charge in [-0.05, 0) is 31.3 Å². The van der Waals surface area contributed by atoms with Crippen LogP contribution in [-0.4, -0.2) is 24.2 Å². The van der Waals surface area contributed by atoms with Crippen LogP contribution < -0.4 is 10.6 Å². The van der Waals surface area contributed by atoms with Crippen LogP contribution in [0, 0.1) is 0 Å². The first-order valence-electron chi connectivity index (χ1n) is 5.46. The fourth-order valence-corrected chi connectivity index (χ4v) is 1.41. The van der Waals surface area contributed by atoms with Gasteiger partial charge in [-0.2, -0.15) is 0 Å². The Morgan fingerprint density at radius 1 is 1.35 bits per heavy atom. The molecule has 0 fully saturated rings. The lowest BCUT2D eigenvalue weighted by Gasteiger charge is -2.09. The van der Waals surface area contributed by atoms with Gasteiger partial charge in [-0.25, -0.2) is 0 Å². The average Bonchev–Trinajstić information content (AvgIpc) is 2.30. The number of nitrogens with one attached hydrogen (secondary N) is 2. The minimum absolute atomic E-state index is 0.146. The van der Waals surface area contributed by atoms with Crippen LogP contribution in [0.4, 0.5) is 5.69 Å². The molecule has 0 spiro atoms. The molecule has 0 aliphatic rings. The molecule has 0 unspecified atom stereocenters. The van der Waals surface area contributed by atoms with Crippen LogP contribution in [0.3, 0.4) is 0 Å². The number of carbonyl (C=O) groups is 1. The first kappa shape index (κ1) is 13.6. The summed E-state index contributed by atoms with van der Waals surface area (Å²) in [5.41, 5.74) is 0.850. The second-order valence-electron chi connectivity index (χ2n) is 3.32. The van der Waals surface area contributed by atoms with Gasteiger partial charge in [0.25, 0.3) is 0 Å². The zero-order valence-corrected chi connectivity index (χ0v) is 10.5. The number of thiocarbonyl (C=S) groups is 1. The predicted octanol–water partition coefficient (Wildman–Crippen LogP) is 1.93. The number of anilines is 1. The highest BCUT2D eigenvalue weighted by Gasteiger charge is 2.04. The summed E-state index contributed by atoms with van der Waals surface area (Å²) in [6, 6.07) is 9.44. The van der Waals surface area contributed by atoms with E-state index >= 15 is 0 Å². The van der Waals surface area contributed by atoms with Gasteiger partial charge in [0.05, 0.1) is 13.0 Å². The van der Waals surface area contributed by atoms with Gasteiger partial charge in [0.1, 0.15) is 0 Å². The topological polar surface area (TPSA) is 50.4 Å². The summed E-state index contributed by atoms with van der Waals surface area (Å²) in [5.74, 6) is -0.146. The minimum atomic E-state index is -0.146. The van der Waals surface area contributed by atoms with Gasteiger partial charge >= 0.3 is 0 Å². The van der Waals surface area contributed by atoms with Crippen LogP contribution in [0.1, 0.15) is 13.3 Å². The molecule has 0 aliphatic carbocycles. The Kier molecular flexibility index (Phi) is 6.21. The molecule has 0 aliphatic heterocycles. The van der Waals surface area contributed by atoms with E-state index in [4.69, 9.17) is 17.0 Å². The number of benzene rings is 1. The molecule has 0 aromatic heterocycles. The van der Waals surface area contributed by atoms with Crippen LogP contribution in [0.5, 0.6) is 0 Å². The predicted molar refractivity (Wildman–Crippen MR) is 71.9 cm³/mol. The smallest absolute Gasteiger partial charge is 0.228 e. The number of ether oxygens (including phenoxy) is 1. The largest absolute Gasteiger partial charge is 0.381 e.